The Morgan fingerprint density at radius 2 is 2.11 bits per heavy atom. The van der Waals surface area contributed by atoms with Gasteiger partial charge in [-0.1, -0.05) is 41.6 Å². The molecule has 0 atom stereocenters. The molecule has 0 saturated carbocycles. The van der Waals surface area contributed by atoms with Gasteiger partial charge < -0.3 is 14.8 Å². The van der Waals surface area contributed by atoms with Crippen LogP contribution in [0.1, 0.15) is 19.4 Å². The van der Waals surface area contributed by atoms with Crippen LogP contribution < -0.4 is 14.8 Å². The summed E-state index contributed by atoms with van der Waals surface area (Å²) in [6.07, 6.45) is 0. The first-order valence-corrected chi connectivity index (χ1v) is 6.89. The lowest BCUT2D eigenvalue weighted by molar-refractivity contribution is 0.293. The Hall–Kier alpha value is -1.00. The maximum Gasteiger partial charge on any atom is 0.166 e. The van der Waals surface area contributed by atoms with Gasteiger partial charge in [-0.15, -0.1) is 0 Å². The van der Waals surface area contributed by atoms with Gasteiger partial charge in [0.05, 0.1) is 6.61 Å². The first-order valence-electron chi connectivity index (χ1n) is 6.10. The van der Waals surface area contributed by atoms with Crippen molar-refractivity contribution in [2.45, 2.75) is 20.4 Å². The fourth-order valence-electron chi connectivity index (χ4n) is 1.54. The standard InChI is InChI=1S/C14H20BrNO2/c1-4-16-9-12-7-6-8-13(17-5-2)14(12)18-10-11(3)15/h6-8,16H,3-5,9-10H2,1-2H3. The molecular formula is C14H20BrNO2. The minimum absolute atomic E-state index is 0.434. The van der Waals surface area contributed by atoms with E-state index < -0.39 is 0 Å². The molecule has 4 heteroatoms. The molecule has 0 radical (unpaired) electrons. The molecule has 0 aliphatic heterocycles. The van der Waals surface area contributed by atoms with Gasteiger partial charge >= 0.3 is 0 Å². The third-order valence-electron chi connectivity index (χ3n) is 2.30. The summed E-state index contributed by atoms with van der Waals surface area (Å²) in [5.74, 6) is 1.57. The van der Waals surface area contributed by atoms with E-state index >= 15 is 0 Å². The third-order valence-corrected chi connectivity index (χ3v) is 2.53. The van der Waals surface area contributed by atoms with Crippen LogP contribution in [0.4, 0.5) is 0 Å². The lowest BCUT2D eigenvalue weighted by Gasteiger charge is -2.16. The fraction of sp³-hybridized carbons (Fsp3) is 0.429. The zero-order chi connectivity index (χ0) is 13.4. The van der Waals surface area contributed by atoms with Crippen molar-refractivity contribution in [3.63, 3.8) is 0 Å². The number of nitrogens with one attached hydrogen (secondary N) is 1. The number of hydrogen-bond donors (Lipinski definition) is 1. The summed E-state index contributed by atoms with van der Waals surface area (Å²) in [4.78, 5) is 0. The molecule has 0 aromatic heterocycles. The summed E-state index contributed by atoms with van der Waals surface area (Å²) in [6.45, 7) is 10.6. The first kappa shape index (κ1) is 15.1. The van der Waals surface area contributed by atoms with Crippen molar-refractivity contribution < 1.29 is 9.47 Å². The van der Waals surface area contributed by atoms with Gasteiger partial charge in [0, 0.05) is 16.6 Å². The molecule has 18 heavy (non-hydrogen) atoms. The Kier molecular flexibility index (Phi) is 6.83. The number of benzene rings is 1. The number of para-hydroxylation sites is 1. The summed E-state index contributed by atoms with van der Waals surface area (Å²) in [5, 5.41) is 3.29. The van der Waals surface area contributed by atoms with Crippen LogP contribution in [0.15, 0.2) is 29.3 Å². The van der Waals surface area contributed by atoms with Gasteiger partial charge in [-0.05, 0) is 19.5 Å². The Bertz CT molecular complexity index is 393. The van der Waals surface area contributed by atoms with E-state index in [1.807, 2.05) is 25.1 Å². The summed E-state index contributed by atoms with van der Waals surface area (Å²) in [7, 11) is 0. The summed E-state index contributed by atoms with van der Waals surface area (Å²) < 4.78 is 12.2. The molecule has 0 saturated heterocycles. The molecule has 0 spiro atoms. The molecule has 3 nitrogen and oxygen atoms in total. The van der Waals surface area contributed by atoms with Gasteiger partial charge in [0.2, 0.25) is 0 Å². The normalized spacial score (nSPS) is 10.2. The lowest BCUT2D eigenvalue weighted by atomic mass is 10.2. The maximum atomic E-state index is 5.77. The Morgan fingerprint density at radius 3 is 2.72 bits per heavy atom. The number of rotatable bonds is 8. The van der Waals surface area contributed by atoms with E-state index in [0.717, 1.165) is 34.6 Å². The summed E-state index contributed by atoms with van der Waals surface area (Å²) in [6, 6.07) is 5.94. The van der Waals surface area contributed by atoms with Crippen molar-refractivity contribution in [3.05, 3.63) is 34.8 Å². The quantitative estimate of drug-likeness (QED) is 0.797. The molecular weight excluding hydrogens is 294 g/mol. The van der Waals surface area contributed by atoms with Gasteiger partial charge in [-0.3, -0.25) is 0 Å². The van der Waals surface area contributed by atoms with E-state index in [4.69, 9.17) is 9.47 Å². The minimum atomic E-state index is 0.434. The zero-order valence-electron chi connectivity index (χ0n) is 11.0. The zero-order valence-corrected chi connectivity index (χ0v) is 12.5. The van der Waals surface area contributed by atoms with Crippen LogP contribution in [0.5, 0.6) is 11.5 Å². The van der Waals surface area contributed by atoms with Crippen molar-refractivity contribution in [2.75, 3.05) is 19.8 Å². The Labute approximate surface area is 117 Å². The van der Waals surface area contributed by atoms with Gasteiger partial charge in [0.1, 0.15) is 6.61 Å². The molecule has 0 fully saturated rings. The molecule has 100 valence electrons. The van der Waals surface area contributed by atoms with E-state index in [-0.39, 0.29) is 0 Å². The Morgan fingerprint density at radius 1 is 1.33 bits per heavy atom. The van der Waals surface area contributed by atoms with Gasteiger partial charge in [0.25, 0.3) is 0 Å². The average Bonchev–Trinajstić information content (AvgIpc) is 2.35. The highest BCUT2D eigenvalue weighted by Crippen LogP contribution is 2.32. The van der Waals surface area contributed by atoms with E-state index in [0.29, 0.717) is 13.2 Å². The van der Waals surface area contributed by atoms with Gasteiger partial charge in [0.15, 0.2) is 11.5 Å². The van der Waals surface area contributed by atoms with Crippen molar-refractivity contribution in [1.82, 2.24) is 5.32 Å². The maximum absolute atomic E-state index is 5.77. The van der Waals surface area contributed by atoms with Crippen LogP contribution in [0.25, 0.3) is 0 Å². The average molecular weight is 314 g/mol. The predicted molar refractivity (Wildman–Crippen MR) is 78.6 cm³/mol. The van der Waals surface area contributed by atoms with Crippen molar-refractivity contribution in [1.29, 1.82) is 0 Å². The van der Waals surface area contributed by atoms with Crippen LogP contribution in [-0.2, 0) is 6.54 Å². The van der Waals surface area contributed by atoms with Crippen LogP contribution in [0.2, 0.25) is 0 Å². The molecule has 1 rings (SSSR count). The van der Waals surface area contributed by atoms with Crippen LogP contribution in [-0.4, -0.2) is 19.8 Å². The highest BCUT2D eigenvalue weighted by atomic mass is 79.9. The van der Waals surface area contributed by atoms with E-state index in [2.05, 4.69) is 34.7 Å². The third kappa shape index (κ3) is 4.70. The molecule has 0 aliphatic rings. The second-order valence-corrected chi connectivity index (χ2v) is 4.89. The van der Waals surface area contributed by atoms with Crippen molar-refractivity contribution in [3.8, 4) is 11.5 Å². The molecule has 0 unspecified atom stereocenters. The van der Waals surface area contributed by atoms with Crippen LogP contribution in [0, 0.1) is 0 Å². The fourth-order valence-corrected chi connectivity index (χ4v) is 1.66. The SMILES string of the molecule is C=C(Br)COc1c(CNCC)cccc1OCC. The highest BCUT2D eigenvalue weighted by Gasteiger charge is 2.10. The van der Waals surface area contributed by atoms with Crippen molar-refractivity contribution >= 4 is 15.9 Å². The minimum Gasteiger partial charge on any atom is -0.490 e. The number of halogens is 1. The predicted octanol–water partition coefficient (Wildman–Crippen LogP) is 3.48. The lowest BCUT2D eigenvalue weighted by Crippen LogP contribution is -2.13. The first-order chi connectivity index (χ1) is 8.69. The summed E-state index contributed by atoms with van der Waals surface area (Å²) >= 11 is 3.30. The topological polar surface area (TPSA) is 30.5 Å². The van der Waals surface area contributed by atoms with Gasteiger partial charge in [-0.25, -0.2) is 0 Å². The monoisotopic (exact) mass is 313 g/mol. The molecule has 1 N–H and O–H groups in total. The largest absolute Gasteiger partial charge is 0.490 e. The number of hydrogen-bond acceptors (Lipinski definition) is 3. The second kappa shape index (κ2) is 8.16. The van der Waals surface area contributed by atoms with E-state index in [9.17, 15) is 0 Å². The summed E-state index contributed by atoms with van der Waals surface area (Å²) in [5.41, 5.74) is 1.09. The molecule has 0 amide bonds. The molecule has 0 heterocycles. The van der Waals surface area contributed by atoms with Gasteiger partial charge in [-0.2, -0.15) is 0 Å². The molecule has 0 aliphatic carbocycles. The number of ether oxygens (including phenoxy) is 2. The van der Waals surface area contributed by atoms with Crippen LogP contribution >= 0.6 is 15.9 Å². The van der Waals surface area contributed by atoms with Crippen LogP contribution in [0.3, 0.4) is 0 Å². The molecule has 1 aromatic carbocycles. The smallest absolute Gasteiger partial charge is 0.166 e. The molecule has 0 bridgehead atoms. The van der Waals surface area contributed by atoms with Crippen molar-refractivity contribution in [2.24, 2.45) is 0 Å². The van der Waals surface area contributed by atoms with E-state index in [1.165, 1.54) is 0 Å². The highest BCUT2D eigenvalue weighted by molar-refractivity contribution is 9.11. The Balaban J connectivity index is 2.92. The second-order valence-electron chi connectivity index (χ2n) is 3.76. The molecule has 1 aromatic rings. The van der Waals surface area contributed by atoms with E-state index in [1.54, 1.807) is 0 Å².